The van der Waals surface area contributed by atoms with Crippen molar-refractivity contribution >= 4 is 91.5 Å². The number of aryl methyl sites for hydroxylation is 1. The molecule has 2 heterocycles. The molecule has 0 atom stereocenters. The molecule has 0 radical (unpaired) electrons. The Kier molecular flexibility index (Phi) is 9.76. The number of rotatable bonds is 9. The van der Waals surface area contributed by atoms with Gasteiger partial charge in [-0.2, -0.15) is 0 Å². The molecule has 0 unspecified atom stereocenters. The van der Waals surface area contributed by atoms with Crippen LogP contribution in [0, 0.1) is 12.7 Å². The van der Waals surface area contributed by atoms with E-state index in [0.717, 1.165) is 55.8 Å². The zero-order chi connectivity index (χ0) is 44.2. The van der Waals surface area contributed by atoms with Gasteiger partial charge in [-0.25, -0.2) is 4.39 Å². The van der Waals surface area contributed by atoms with E-state index in [9.17, 15) is 4.39 Å². The van der Waals surface area contributed by atoms with Gasteiger partial charge in [-0.15, -0.1) is 0 Å². The van der Waals surface area contributed by atoms with Gasteiger partial charge in [0.1, 0.15) is 5.82 Å². The van der Waals surface area contributed by atoms with Crippen molar-refractivity contribution in [1.29, 1.82) is 0 Å². The standard InChI is InChI=1S/C61H44FGeN3/c1-43-26-31-50(32-27-43)64(52-35-38-60-56(41-52)54-24-14-15-25-58(54)66(60)51-33-28-44(62)29-34-51)53-36-39-61-57(42-53)55-40-48(30-37-59(55)65(61)49-22-12-5-13-23-49)63(45-16-6-2-7-17-45,46-18-8-3-9-19-46)47-20-10-4-11-21-47/h2-42H,1H3. The molecule has 0 fully saturated rings. The number of nitrogens with zero attached hydrogens (tertiary/aromatic N) is 3. The number of hydrogen-bond donors (Lipinski definition) is 0. The van der Waals surface area contributed by atoms with Gasteiger partial charge in [0.15, 0.2) is 0 Å². The van der Waals surface area contributed by atoms with Crippen LogP contribution in [0.4, 0.5) is 21.5 Å². The Morgan fingerprint density at radius 2 is 0.742 bits per heavy atom. The van der Waals surface area contributed by atoms with Crippen molar-refractivity contribution in [2.45, 2.75) is 6.92 Å². The van der Waals surface area contributed by atoms with Crippen molar-refractivity contribution in [2.24, 2.45) is 0 Å². The topological polar surface area (TPSA) is 13.1 Å². The first-order valence-electron chi connectivity index (χ1n) is 22.5. The summed E-state index contributed by atoms with van der Waals surface area (Å²) in [5, 5.41) is 4.67. The van der Waals surface area contributed by atoms with Crippen LogP contribution in [-0.2, 0) is 0 Å². The molecule has 3 nitrogen and oxygen atoms in total. The maximum atomic E-state index is 14.2. The van der Waals surface area contributed by atoms with E-state index in [1.807, 2.05) is 12.1 Å². The van der Waals surface area contributed by atoms with Crippen LogP contribution in [-0.4, -0.2) is 22.4 Å². The molecule has 66 heavy (non-hydrogen) atoms. The van der Waals surface area contributed by atoms with Crippen LogP contribution in [0.1, 0.15) is 5.56 Å². The van der Waals surface area contributed by atoms with E-state index >= 15 is 0 Å². The zero-order valence-electron chi connectivity index (χ0n) is 36.4. The zero-order valence-corrected chi connectivity index (χ0v) is 38.5. The fraction of sp³-hybridized carbons (Fsp3) is 0.0164. The molecule has 314 valence electrons. The van der Waals surface area contributed by atoms with E-state index in [2.05, 4.69) is 245 Å². The van der Waals surface area contributed by atoms with E-state index in [-0.39, 0.29) is 5.82 Å². The first-order chi connectivity index (χ1) is 32.6. The van der Waals surface area contributed by atoms with Gasteiger partial charge in [-0.05, 0) is 30.3 Å². The third kappa shape index (κ3) is 6.47. The number of anilines is 3. The van der Waals surface area contributed by atoms with Crippen molar-refractivity contribution in [2.75, 3.05) is 4.90 Å². The van der Waals surface area contributed by atoms with Crippen LogP contribution in [0.15, 0.2) is 249 Å². The average molecular weight is 911 g/mol. The van der Waals surface area contributed by atoms with E-state index < -0.39 is 13.3 Å². The second kappa shape index (κ2) is 16.3. The van der Waals surface area contributed by atoms with Gasteiger partial charge in [-0.3, -0.25) is 0 Å². The predicted molar refractivity (Wildman–Crippen MR) is 278 cm³/mol. The summed E-state index contributed by atoms with van der Waals surface area (Å²) in [6, 6.07) is 89.6. The molecule has 0 aliphatic carbocycles. The van der Waals surface area contributed by atoms with E-state index in [1.54, 1.807) is 0 Å². The van der Waals surface area contributed by atoms with Crippen molar-refractivity contribution in [3.8, 4) is 11.4 Å². The number of hydrogen-bond acceptors (Lipinski definition) is 1. The molecule has 0 saturated heterocycles. The molecular weight excluding hydrogens is 866 g/mol. The Hall–Kier alpha value is -7.93. The van der Waals surface area contributed by atoms with Crippen LogP contribution in [0.3, 0.4) is 0 Å². The molecule has 0 N–H and O–H groups in total. The summed E-state index contributed by atoms with van der Waals surface area (Å²) in [6.07, 6.45) is 0. The molecule has 0 saturated carbocycles. The molecule has 0 spiro atoms. The van der Waals surface area contributed by atoms with Crippen molar-refractivity contribution < 1.29 is 4.39 Å². The van der Waals surface area contributed by atoms with E-state index in [1.165, 1.54) is 51.6 Å². The van der Waals surface area contributed by atoms with E-state index in [4.69, 9.17) is 0 Å². The van der Waals surface area contributed by atoms with Gasteiger partial charge in [0.2, 0.25) is 0 Å². The first-order valence-corrected chi connectivity index (χ1v) is 26.7. The number of halogens is 1. The Balaban J connectivity index is 1.12. The minimum absolute atomic E-state index is 0.249. The fourth-order valence-corrected chi connectivity index (χ4v) is 20.4. The summed E-state index contributed by atoms with van der Waals surface area (Å²) in [6.45, 7) is 2.14. The molecule has 12 aromatic rings. The Morgan fingerprint density at radius 1 is 0.333 bits per heavy atom. The molecule has 5 heteroatoms. The number of fused-ring (bicyclic) bond motifs is 6. The Morgan fingerprint density at radius 3 is 1.29 bits per heavy atom. The minimum atomic E-state index is -3.62. The van der Waals surface area contributed by atoms with Gasteiger partial charge in [0, 0.05) is 5.69 Å². The van der Waals surface area contributed by atoms with Crippen molar-refractivity contribution in [3.05, 3.63) is 260 Å². The van der Waals surface area contributed by atoms with Gasteiger partial charge >= 0.3 is 330 Å². The Labute approximate surface area is 386 Å². The van der Waals surface area contributed by atoms with Crippen LogP contribution in [0.2, 0.25) is 0 Å². The molecular formula is C61H44FGeN3. The van der Waals surface area contributed by atoms with Crippen LogP contribution >= 0.6 is 0 Å². The fourth-order valence-electron chi connectivity index (χ4n) is 10.4. The number of benzene rings is 10. The van der Waals surface area contributed by atoms with Gasteiger partial charge in [0.05, 0.1) is 0 Å². The second-order valence-electron chi connectivity index (χ2n) is 17.2. The summed E-state index contributed by atoms with van der Waals surface area (Å²) >= 11 is -3.62. The summed E-state index contributed by atoms with van der Waals surface area (Å²) < 4.78 is 24.4. The monoisotopic (exact) mass is 911 g/mol. The van der Waals surface area contributed by atoms with Crippen LogP contribution in [0.25, 0.3) is 55.0 Å². The molecule has 12 rings (SSSR count). The van der Waals surface area contributed by atoms with Crippen LogP contribution in [0.5, 0.6) is 0 Å². The third-order valence-corrected chi connectivity index (χ3v) is 23.4. The molecule has 2 aromatic heterocycles. The Bertz CT molecular complexity index is 3600. The number of aromatic nitrogens is 2. The second-order valence-corrected chi connectivity index (χ2v) is 25.1. The maximum absolute atomic E-state index is 14.2. The summed E-state index contributed by atoms with van der Waals surface area (Å²) in [4.78, 5) is 2.39. The van der Waals surface area contributed by atoms with Crippen molar-refractivity contribution in [3.63, 3.8) is 0 Å². The summed E-state index contributed by atoms with van der Waals surface area (Å²) in [7, 11) is 0. The quantitative estimate of drug-likeness (QED) is 0.132. The normalized spacial score (nSPS) is 11.8. The van der Waals surface area contributed by atoms with Crippen LogP contribution < -0.4 is 22.5 Å². The molecule has 0 aliphatic rings. The number of para-hydroxylation sites is 2. The SMILES string of the molecule is Cc1ccc(N(c2ccc3c(c2)c2ccccc2n3-c2ccc(F)cc2)c2ccc3c(c2)c2c[c]([Ge]([c]4ccccc4)([c]4ccccc4)[c]4ccccc4)ccc2n3-c2ccccc2)cc1. The molecule has 0 aliphatic heterocycles. The van der Waals surface area contributed by atoms with Gasteiger partial charge < -0.3 is 0 Å². The molecule has 10 aromatic carbocycles. The predicted octanol–water partition coefficient (Wildman–Crippen LogP) is 13.2. The van der Waals surface area contributed by atoms with E-state index in [0.29, 0.717) is 0 Å². The molecule has 0 bridgehead atoms. The summed E-state index contributed by atoms with van der Waals surface area (Å²) in [5.74, 6) is -0.249. The molecule has 0 amide bonds. The average Bonchev–Trinajstić information content (AvgIpc) is 3.88. The van der Waals surface area contributed by atoms with Crippen molar-refractivity contribution in [1.82, 2.24) is 9.13 Å². The third-order valence-electron chi connectivity index (χ3n) is 13.4. The van der Waals surface area contributed by atoms with Gasteiger partial charge in [-0.1, -0.05) is 12.1 Å². The summed E-state index contributed by atoms with van der Waals surface area (Å²) in [5.41, 5.74) is 10.9. The first kappa shape index (κ1) is 39.6. The van der Waals surface area contributed by atoms with Gasteiger partial charge in [0.25, 0.3) is 0 Å².